The largest absolute Gasteiger partial charge is 0.481 e. The molecular formula is C31H48BN3O5. The number of benzene rings is 1. The molecule has 3 N–H and O–H groups in total. The molecule has 2 bridgehead atoms. The third-order valence-corrected chi connectivity index (χ3v) is 9.68. The van der Waals surface area contributed by atoms with Gasteiger partial charge in [-0.05, 0) is 79.9 Å². The van der Waals surface area contributed by atoms with Crippen molar-refractivity contribution in [2.45, 2.75) is 110 Å². The summed E-state index contributed by atoms with van der Waals surface area (Å²) in [6.07, 6.45) is 5.75. The van der Waals surface area contributed by atoms with Gasteiger partial charge in [0.15, 0.2) is 0 Å². The van der Waals surface area contributed by atoms with E-state index in [1.54, 1.807) is 12.1 Å². The fraction of sp³-hybridized carbons (Fsp3) is 0.710. The Morgan fingerprint density at radius 1 is 1.07 bits per heavy atom. The topological polar surface area (TPSA) is 106 Å². The van der Waals surface area contributed by atoms with Crippen LogP contribution in [-0.4, -0.2) is 55.6 Å². The molecule has 0 spiro atoms. The smallest absolute Gasteiger partial charge is 0.404 e. The van der Waals surface area contributed by atoms with Crippen LogP contribution in [0.5, 0.6) is 0 Å². The molecule has 0 aromatic heterocycles. The van der Waals surface area contributed by atoms with E-state index in [1.807, 2.05) is 12.1 Å². The lowest BCUT2D eigenvalue weighted by molar-refractivity contribution is -0.199. The predicted molar refractivity (Wildman–Crippen MR) is 156 cm³/mol. The summed E-state index contributed by atoms with van der Waals surface area (Å²) in [6.45, 7) is 13.1. The van der Waals surface area contributed by atoms with Crippen molar-refractivity contribution in [1.82, 2.24) is 16.0 Å². The van der Waals surface area contributed by atoms with E-state index in [0.29, 0.717) is 23.8 Å². The molecule has 1 saturated heterocycles. The molecule has 3 amide bonds. The summed E-state index contributed by atoms with van der Waals surface area (Å²) in [5.41, 5.74) is 1.45. The first kappa shape index (κ1) is 30.6. The van der Waals surface area contributed by atoms with Gasteiger partial charge in [-0.1, -0.05) is 53.2 Å². The highest BCUT2D eigenvalue weighted by Gasteiger charge is 2.68. The normalized spacial score (nSPS) is 27.8. The SMILES string of the molecule is CCCCc1ccc(C(=O)N[C@@H](CC(=O)NC)C(=O)NC(CC(C)C)B2O[C@@H]3C[C@@H]4C[C@@H](C4(C)C)[C@]3(C)O2)cc1. The van der Waals surface area contributed by atoms with Crippen molar-refractivity contribution in [3.8, 4) is 0 Å². The predicted octanol–water partition coefficient (Wildman–Crippen LogP) is 4.06. The molecule has 1 unspecified atom stereocenters. The van der Waals surface area contributed by atoms with E-state index in [4.69, 9.17) is 9.31 Å². The Morgan fingerprint density at radius 3 is 2.38 bits per heavy atom. The van der Waals surface area contributed by atoms with Crippen molar-refractivity contribution in [2.24, 2.45) is 23.2 Å². The Morgan fingerprint density at radius 2 is 1.77 bits per heavy atom. The number of unbranched alkanes of at least 4 members (excludes halogenated alkanes) is 1. The van der Waals surface area contributed by atoms with Gasteiger partial charge >= 0.3 is 7.12 Å². The van der Waals surface area contributed by atoms with Gasteiger partial charge in [0.25, 0.3) is 5.91 Å². The summed E-state index contributed by atoms with van der Waals surface area (Å²) in [6, 6.07) is 6.39. The first-order valence-electron chi connectivity index (χ1n) is 15.1. The average molecular weight is 554 g/mol. The lowest BCUT2D eigenvalue weighted by Gasteiger charge is -2.64. The number of rotatable bonds is 12. The van der Waals surface area contributed by atoms with Crippen LogP contribution in [-0.2, 0) is 25.3 Å². The first-order valence-corrected chi connectivity index (χ1v) is 15.1. The van der Waals surface area contributed by atoms with Crippen LogP contribution in [0.15, 0.2) is 24.3 Å². The minimum absolute atomic E-state index is 0.00232. The fourth-order valence-electron chi connectivity index (χ4n) is 7.04. The Bertz CT molecular complexity index is 1080. The molecule has 5 rings (SSSR count). The fourth-order valence-corrected chi connectivity index (χ4v) is 7.04. The third-order valence-electron chi connectivity index (χ3n) is 9.68. The molecule has 4 aliphatic rings. The molecule has 1 aromatic rings. The summed E-state index contributed by atoms with van der Waals surface area (Å²) in [4.78, 5) is 39.1. The van der Waals surface area contributed by atoms with Crippen molar-refractivity contribution < 1.29 is 23.7 Å². The zero-order valence-electron chi connectivity index (χ0n) is 25.3. The molecule has 6 atom stereocenters. The summed E-state index contributed by atoms with van der Waals surface area (Å²) in [5, 5.41) is 8.47. The number of carbonyl (C=O) groups is 3. The van der Waals surface area contributed by atoms with E-state index in [2.05, 4.69) is 57.5 Å². The molecule has 4 fully saturated rings. The summed E-state index contributed by atoms with van der Waals surface area (Å²) >= 11 is 0. The highest BCUT2D eigenvalue weighted by molar-refractivity contribution is 6.48. The van der Waals surface area contributed by atoms with Gasteiger partial charge in [0, 0.05) is 12.6 Å². The van der Waals surface area contributed by atoms with Crippen LogP contribution in [0, 0.1) is 23.2 Å². The molecule has 1 heterocycles. The number of aryl methyl sites for hydroxylation is 1. The minimum Gasteiger partial charge on any atom is -0.404 e. The van der Waals surface area contributed by atoms with Gasteiger partial charge in [0.2, 0.25) is 11.8 Å². The maximum atomic E-state index is 13.6. The van der Waals surface area contributed by atoms with Gasteiger partial charge in [-0.2, -0.15) is 0 Å². The Kier molecular flexibility index (Phi) is 9.35. The van der Waals surface area contributed by atoms with Crippen LogP contribution >= 0.6 is 0 Å². The zero-order valence-corrected chi connectivity index (χ0v) is 25.3. The second kappa shape index (κ2) is 12.2. The van der Waals surface area contributed by atoms with Gasteiger partial charge in [0.05, 0.1) is 24.1 Å². The number of hydrogen-bond acceptors (Lipinski definition) is 5. The highest BCUT2D eigenvalue weighted by Crippen LogP contribution is 2.65. The molecule has 3 saturated carbocycles. The van der Waals surface area contributed by atoms with E-state index < -0.39 is 25.0 Å². The molecule has 3 aliphatic carbocycles. The molecule has 0 radical (unpaired) electrons. The van der Waals surface area contributed by atoms with Crippen LogP contribution in [0.3, 0.4) is 0 Å². The maximum absolute atomic E-state index is 13.6. The quantitative estimate of drug-likeness (QED) is 0.339. The van der Waals surface area contributed by atoms with Gasteiger partial charge in [-0.3, -0.25) is 14.4 Å². The number of amides is 3. The van der Waals surface area contributed by atoms with Crippen LogP contribution in [0.1, 0.15) is 96.0 Å². The Balaban J connectivity index is 1.46. The lowest BCUT2D eigenvalue weighted by atomic mass is 9.43. The van der Waals surface area contributed by atoms with Crippen LogP contribution in [0.4, 0.5) is 0 Å². The van der Waals surface area contributed by atoms with Crippen molar-refractivity contribution in [1.29, 1.82) is 0 Å². The molecule has 8 nitrogen and oxygen atoms in total. The highest BCUT2D eigenvalue weighted by atomic mass is 16.7. The summed E-state index contributed by atoms with van der Waals surface area (Å²) < 4.78 is 13.2. The van der Waals surface area contributed by atoms with Crippen molar-refractivity contribution >= 4 is 24.8 Å². The second-order valence-corrected chi connectivity index (χ2v) is 13.3. The minimum atomic E-state index is -1.03. The standard InChI is InChI=1S/C31H48BN3O5/c1-8-9-10-20-11-13-21(14-12-20)28(37)34-23(18-27(36)33-7)29(38)35-26(15-19(2)3)32-39-25-17-22-16-24(30(22,4)5)31(25,6)40-32/h11-14,19,22-26H,8-10,15-18H2,1-7H3,(H,33,36)(H,34,37)(H,35,38)/t22-,23-,24-,25+,26?,31-/m0/s1. The monoisotopic (exact) mass is 553 g/mol. The van der Waals surface area contributed by atoms with E-state index in [0.717, 1.165) is 32.1 Å². The van der Waals surface area contributed by atoms with Gasteiger partial charge in [-0.15, -0.1) is 0 Å². The van der Waals surface area contributed by atoms with E-state index in [1.165, 1.54) is 12.6 Å². The van der Waals surface area contributed by atoms with Gasteiger partial charge < -0.3 is 25.3 Å². The van der Waals surface area contributed by atoms with Crippen molar-refractivity contribution in [2.75, 3.05) is 7.05 Å². The van der Waals surface area contributed by atoms with E-state index >= 15 is 0 Å². The Hall–Kier alpha value is -2.39. The summed E-state index contributed by atoms with van der Waals surface area (Å²) in [5.74, 6) is -0.223. The average Bonchev–Trinajstić information content (AvgIpc) is 3.28. The first-order chi connectivity index (χ1) is 18.9. The van der Waals surface area contributed by atoms with Crippen LogP contribution in [0.25, 0.3) is 0 Å². The van der Waals surface area contributed by atoms with Gasteiger partial charge in [0.1, 0.15) is 6.04 Å². The van der Waals surface area contributed by atoms with Crippen LogP contribution in [0.2, 0.25) is 0 Å². The molecule has 1 aliphatic heterocycles. The van der Waals surface area contributed by atoms with E-state index in [9.17, 15) is 14.4 Å². The lowest BCUT2D eigenvalue weighted by Crippen LogP contribution is -2.65. The second-order valence-electron chi connectivity index (χ2n) is 13.3. The molecule has 1 aromatic carbocycles. The summed E-state index contributed by atoms with van der Waals surface area (Å²) in [7, 11) is 0.939. The molecule has 220 valence electrons. The van der Waals surface area contributed by atoms with Crippen LogP contribution < -0.4 is 16.0 Å². The van der Waals surface area contributed by atoms with E-state index in [-0.39, 0.29) is 41.3 Å². The van der Waals surface area contributed by atoms with Gasteiger partial charge in [-0.25, -0.2) is 0 Å². The number of hydrogen-bond donors (Lipinski definition) is 3. The zero-order chi connectivity index (χ0) is 29.2. The van der Waals surface area contributed by atoms with Crippen molar-refractivity contribution in [3.63, 3.8) is 0 Å². The Labute approximate surface area is 240 Å². The molecule has 9 heteroatoms. The third kappa shape index (κ3) is 6.25. The maximum Gasteiger partial charge on any atom is 0.481 e. The number of nitrogens with one attached hydrogen (secondary N) is 3. The molecule has 40 heavy (non-hydrogen) atoms. The molecular weight excluding hydrogens is 505 g/mol. The van der Waals surface area contributed by atoms with Crippen molar-refractivity contribution in [3.05, 3.63) is 35.4 Å². The number of carbonyl (C=O) groups excluding carboxylic acids is 3.